The van der Waals surface area contributed by atoms with Gasteiger partial charge in [0.1, 0.15) is 10.6 Å². The summed E-state index contributed by atoms with van der Waals surface area (Å²) >= 11 is 0. The molecule has 0 aliphatic heterocycles. The molecule has 0 aromatic heterocycles. The van der Waals surface area contributed by atoms with E-state index in [4.69, 9.17) is 15.2 Å². The lowest BCUT2D eigenvalue weighted by atomic mass is 10.2. The summed E-state index contributed by atoms with van der Waals surface area (Å²) in [6, 6.07) is 13.8. The van der Waals surface area contributed by atoms with Crippen LogP contribution in [0.25, 0.3) is 0 Å². The number of nitrogens with two attached hydrogens (primary N) is 1. The second-order valence-electron chi connectivity index (χ2n) is 4.48. The summed E-state index contributed by atoms with van der Waals surface area (Å²) in [5.41, 5.74) is 6.97. The Kier molecular flexibility index (Phi) is 4.82. The molecule has 0 saturated heterocycles. The highest BCUT2D eigenvalue weighted by atomic mass is 32.2. The van der Waals surface area contributed by atoms with Crippen molar-refractivity contribution in [3.63, 3.8) is 0 Å². The lowest BCUT2D eigenvalue weighted by Crippen LogP contribution is -2.11. The lowest BCUT2D eigenvalue weighted by Gasteiger charge is -2.10. The van der Waals surface area contributed by atoms with E-state index in [0.717, 1.165) is 5.56 Å². The summed E-state index contributed by atoms with van der Waals surface area (Å²) < 4.78 is 34.9. The van der Waals surface area contributed by atoms with Crippen molar-refractivity contribution in [1.29, 1.82) is 0 Å². The third-order valence-electron chi connectivity index (χ3n) is 2.87. The van der Waals surface area contributed by atoms with Crippen molar-refractivity contribution in [3.05, 3.63) is 54.1 Å². The second kappa shape index (κ2) is 6.60. The Hall–Kier alpha value is -2.05. The van der Waals surface area contributed by atoms with Crippen LogP contribution in [0.4, 0.5) is 5.69 Å². The van der Waals surface area contributed by atoms with E-state index < -0.39 is 15.8 Å². The predicted molar refractivity (Wildman–Crippen MR) is 80.7 cm³/mol. The van der Waals surface area contributed by atoms with Crippen LogP contribution in [0, 0.1) is 0 Å². The van der Waals surface area contributed by atoms with Gasteiger partial charge in [0.05, 0.1) is 13.7 Å². The van der Waals surface area contributed by atoms with Crippen LogP contribution >= 0.6 is 0 Å². The monoisotopic (exact) mass is 307 g/mol. The molecule has 2 N–H and O–H groups in total. The summed E-state index contributed by atoms with van der Waals surface area (Å²) in [7, 11) is -2.19. The van der Waals surface area contributed by atoms with Crippen LogP contribution in [0.2, 0.25) is 0 Å². The first-order valence-electron chi connectivity index (χ1n) is 6.31. The molecule has 5 nitrogen and oxygen atoms in total. The van der Waals surface area contributed by atoms with E-state index in [0.29, 0.717) is 5.69 Å². The van der Waals surface area contributed by atoms with Crippen molar-refractivity contribution in [3.8, 4) is 5.75 Å². The first-order valence-corrected chi connectivity index (χ1v) is 7.96. The number of nitrogen functional groups attached to an aromatic ring is 1. The average Bonchev–Trinajstić information content (AvgIpc) is 2.47. The minimum absolute atomic E-state index is 0.0762. The third-order valence-corrected chi connectivity index (χ3v) is 4.36. The number of methoxy groups -OCH3 is 1. The zero-order chi connectivity index (χ0) is 15.3. The zero-order valence-corrected chi connectivity index (χ0v) is 12.5. The maximum Gasteiger partial charge on any atom is 0.205 e. The number of ether oxygens (including phenoxy) is 2. The smallest absolute Gasteiger partial charge is 0.205 e. The molecule has 0 radical (unpaired) electrons. The maximum atomic E-state index is 12.3. The second-order valence-corrected chi connectivity index (χ2v) is 6.38. The van der Waals surface area contributed by atoms with Crippen LogP contribution in [0.1, 0.15) is 5.56 Å². The molecule has 0 heterocycles. The number of sulfone groups is 1. The molecule has 2 aromatic carbocycles. The van der Waals surface area contributed by atoms with Crippen LogP contribution in [0.3, 0.4) is 0 Å². The van der Waals surface area contributed by atoms with Gasteiger partial charge in [0.2, 0.25) is 9.84 Å². The first kappa shape index (κ1) is 15.3. The fraction of sp³-hybridized carbons (Fsp3) is 0.200. The molecular weight excluding hydrogens is 290 g/mol. The fourth-order valence-electron chi connectivity index (χ4n) is 1.85. The van der Waals surface area contributed by atoms with Gasteiger partial charge in [-0.05, 0) is 17.7 Å². The third kappa shape index (κ3) is 3.96. The molecule has 0 aliphatic carbocycles. The quantitative estimate of drug-likeness (QED) is 0.828. The van der Waals surface area contributed by atoms with E-state index >= 15 is 0 Å². The fourth-order valence-corrected chi connectivity index (χ4v) is 3.00. The first-order chi connectivity index (χ1) is 10.0. The number of hydrogen-bond donors (Lipinski definition) is 1. The van der Waals surface area contributed by atoms with Gasteiger partial charge >= 0.3 is 0 Å². The van der Waals surface area contributed by atoms with Gasteiger partial charge in [0, 0.05) is 11.8 Å². The minimum Gasteiger partial charge on any atom is -0.495 e. The van der Waals surface area contributed by atoms with Gasteiger partial charge in [0.15, 0.2) is 5.94 Å². The van der Waals surface area contributed by atoms with Gasteiger partial charge in [-0.15, -0.1) is 0 Å². The molecule has 0 aliphatic rings. The van der Waals surface area contributed by atoms with E-state index in [2.05, 4.69) is 0 Å². The molecule has 0 saturated carbocycles. The lowest BCUT2D eigenvalue weighted by molar-refractivity contribution is 0.163. The molecular formula is C15H17NO4S. The average molecular weight is 307 g/mol. The highest BCUT2D eigenvalue weighted by Gasteiger charge is 2.20. The Labute approximate surface area is 124 Å². The van der Waals surface area contributed by atoms with Crippen LogP contribution in [0.5, 0.6) is 5.75 Å². The maximum absolute atomic E-state index is 12.3. The highest BCUT2D eigenvalue weighted by molar-refractivity contribution is 7.91. The molecule has 0 fully saturated rings. The Bertz CT molecular complexity index is 699. The van der Waals surface area contributed by atoms with Gasteiger partial charge < -0.3 is 15.2 Å². The summed E-state index contributed by atoms with van der Waals surface area (Å²) in [5, 5.41) is 0. The molecule has 0 atom stereocenters. The molecule has 2 aromatic rings. The number of benzene rings is 2. The van der Waals surface area contributed by atoms with Crippen molar-refractivity contribution < 1.29 is 17.9 Å². The predicted octanol–water partition coefficient (Wildman–Crippen LogP) is 2.23. The zero-order valence-electron chi connectivity index (χ0n) is 11.7. The molecule has 21 heavy (non-hydrogen) atoms. The molecule has 112 valence electrons. The van der Waals surface area contributed by atoms with Gasteiger partial charge in [-0.3, -0.25) is 0 Å². The van der Waals surface area contributed by atoms with Crippen LogP contribution in [-0.2, 0) is 21.2 Å². The number of rotatable bonds is 6. The van der Waals surface area contributed by atoms with Gasteiger partial charge in [-0.25, -0.2) is 8.42 Å². The molecule has 2 rings (SSSR count). The van der Waals surface area contributed by atoms with E-state index in [1.807, 2.05) is 30.3 Å². The van der Waals surface area contributed by atoms with Crippen LogP contribution < -0.4 is 10.5 Å². The summed E-state index contributed by atoms with van der Waals surface area (Å²) in [4.78, 5) is 0.0762. The Morgan fingerprint density at radius 2 is 1.81 bits per heavy atom. The molecule has 6 heteroatoms. The van der Waals surface area contributed by atoms with Crippen LogP contribution in [0.15, 0.2) is 53.4 Å². The summed E-state index contributed by atoms with van der Waals surface area (Å²) in [6.45, 7) is 0.233. The molecule has 0 unspecified atom stereocenters. The van der Waals surface area contributed by atoms with E-state index in [-0.39, 0.29) is 17.3 Å². The summed E-state index contributed by atoms with van der Waals surface area (Å²) in [6.07, 6.45) is 0. The standard InChI is InChI=1S/C15H17NO4S/c1-19-14-9-13(16)7-8-15(14)21(17,18)11-20-10-12-5-3-2-4-6-12/h2-9H,10-11,16H2,1H3. The number of anilines is 1. The summed E-state index contributed by atoms with van der Waals surface area (Å²) in [5.74, 6) is -0.194. The van der Waals surface area contributed by atoms with Gasteiger partial charge in [0.25, 0.3) is 0 Å². The largest absolute Gasteiger partial charge is 0.495 e. The van der Waals surface area contributed by atoms with Gasteiger partial charge in [-0.2, -0.15) is 0 Å². The van der Waals surface area contributed by atoms with Gasteiger partial charge in [-0.1, -0.05) is 30.3 Å². The highest BCUT2D eigenvalue weighted by Crippen LogP contribution is 2.27. The molecule has 0 bridgehead atoms. The number of hydrogen-bond acceptors (Lipinski definition) is 5. The minimum atomic E-state index is -3.59. The molecule has 0 spiro atoms. The Morgan fingerprint density at radius 1 is 1.10 bits per heavy atom. The Morgan fingerprint density at radius 3 is 2.48 bits per heavy atom. The van der Waals surface area contributed by atoms with Crippen molar-refractivity contribution in [2.45, 2.75) is 11.5 Å². The van der Waals surface area contributed by atoms with E-state index in [1.54, 1.807) is 0 Å². The molecule has 0 amide bonds. The van der Waals surface area contributed by atoms with Crippen molar-refractivity contribution in [2.75, 3.05) is 18.8 Å². The Balaban J connectivity index is 2.08. The topological polar surface area (TPSA) is 78.6 Å². The van der Waals surface area contributed by atoms with Crippen molar-refractivity contribution in [1.82, 2.24) is 0 Å². The van der Waals surface area contributed by atoms with E-state index in [1.165, 1.54) is 25.3 Å². The van der Waals surface area contributed by atoms with Crippen LogP contribution in [-0.4, -0.2) is 21.5 Å². The van der Waals surface area contributed by atoms with E-state index in [9.17, 15) is 8.42 Å². The normalized spacial score (nSPS) is 11.3. The van der Waals surface area contributed by atoms with Crippen molar-refractivity contribution in [2.24, 2.45) is 0 Å². The van der Waals surface area contributed by atoms with Crippen molar-refractivity contribution >= 4 is 15.5 Å². The SMILES string of the molecule is COc1cc(N)ccc1S(=O)(=O)COCc1ccccc1.